The molecule has 0 fully saturated rings. The topological polar surface area (TPSA) is 37.3 Å². The molecule has 1 N–H and O–H groups in total. The maximum Gasteiger partial charge on any atom is 0.309 e. The second-order valence-corrected chi connectivity index (χ2v) is 4.32. The van der Waals surface area contributed by atoms with Gasteiger partial charge in [-0.3, -0.25) is 4.79 Å². The van der Waals surface area contributed by atoms with Gasteiger partial charge in [0.1, 0.15) is 5.82 Å². The number of hydrogen-bond donors (Lipinski definition) is 1. The molecule has 0 unspecified atom stereocenters. The smallest absolute Gasteiger partial charge is 0.309 e. The van der Waals surface area contributed by atoms with Gasteiger partial charge in [0.25, 0.3) is 0 Å². The van der Waals surface area contributed by atoms with E-state index in [-0.39, 0.29) is 5.82 Å². The number of benzene rings is 1. The molecule has 1 aromatic carbocycles. The van der Waals surface area contributed by atoms with E-state index in [1.54, 1.807) is 26.0 Å². The zero-order valence-corrected chi connectivity index (χ0v) is 8.96. The molecule has 0 atom stereocenters. The zero-order chi connectivity index (χ0) is 11.5. The van der Waals surface area contributed by atoms with E-state index in [0.29, 0.717) is 12.8 Å². The van der Waals surface area contributed by atoms with E-state index in [0.717, 1.165) is 5.56 Å². The summed E-state index contributed by atoms with van der Waals surface area (Å²) in [6.45, 7) is 3.39. The Morgan fingerprint density at radius 3 is 2.33 bits per heavy atom. The molecule has 0 spiro atoms. The number of aryl methyl sites for hydroxylation is 1. The fourth-order valence-electron chi connectivity index (χ4n) is 1.21. The Bertz CT molecular complexity index is 341. The van der Waals surface area contributed by atoms with Crippen molar-refractivity contribution in [2.24, 2.45) is 5.41 Å². The van der Waals surface area contributed by atoms with Crippen LogP contribution in [-0.4, -0.2) is 11.1 Å². The number of carboxylic acids is 1. The van der Waals surface area contributed by atoms with E-state index >= 15 is 0 Å². The van der Waals surface area contributed by atoms with E-state index < -0.39 is 11.4 Å². The molecule has 82 valence electrons. The summed E-state index contributed by atoms with van der Waals surface area (Å²) in [6.07, 6.45) is 1.20. The van der Waals surface area contributed by atoms with Gasteiger partial charge in [-0.2, -0.15) is 0 Å². The van der Waals surface area contributed by atoms with Crippen LogP contribution in [0, 0.1) is 11.2 Å². The normalized spacial score (nSPS) is 11.4. The largest absolute Gasteiger partial charge is 0.481 e. The van der Waals surface area contributed by atoms with Crippen LogP contribution in [0.2, 0.25) is 0 Å². The monoisotopic (exact) mass is 210 g/mol. The molecule has 0 radical (unpaired) electrons. The van der Waals surface area contributed by atoms with E-state index in [4.69, 9.17) is 5.11 Å². The number of rotatable bonds is 4. The minimum Gasteiger partial charge on any atom is -0.481 e. The lowest BCUT2D eigenvalue weighted by Crippen LogP contribution is -2.24. The molecule has 1 rings (SSSR count). The van der Waals surface area contributed by atoms with Crippen LogP contribution in [0.15, 0.2) is 24.3 Å². The zero-order valence-electron chi connectivity index (χ0n) is 8.96. The van der Waals surface area contributed by atoms with Gasteiger partial charge < -0.3 is 5.11 Å². The van der Waals surface area contributed by atoms with Crippen molar-refractivity contribution in [2.75, 3.05) is 0 Å². The molecule has 2 nitrogen and oxygen atoms in total. The maximum atomic E-state index is 12.6. The molecule has 0 aliphatic rings. The van der Waals surface area contributed by atoms with Crippen LogP contribution >= 0.6 is 0 Å². The van der Waals surface area contributed by atoms with Gasteiger partial charge in [-0.15, -0.1) is 0 Å². The predicted octanol–water partition coefficient (Wildman–Crippen LogP) is 2.87. The minimum atomic E-state index is -0.801. The van der Waals surface area contributed by atoms with Crippen molar-refractivity contribution in [3.8, 4) is 0 Å². The first-order chi connectivity index (χ1) is 6.92. The summed E-state index contributed by atoms with van der Waals surface area (Å²) < 4.78 is 12.6. The molecule has 0 aliphatic carbocycles. The molecular weight excluding hydrogens is 195 g/mol. The molecule has 0 heterocycles. The van der Waals surface area contributed by atoms with Crippen molar-refractivity contribution < 1.29 is 14.3 Å². The van der Waals surface area contributed by atoms with Crippen LogP contribution in [0.25, 0.3) is 0 Å². The van der Waals surface area contributed by atoms with Crippen molar-refractivity contribution in [2.45, 2.75) is 26.7 Å². The van der Waals surface area contributed by atoms with Gasteiger partial charge in [0, 0.05) is 0 Å². The third kappa shape index (κ3) is 3.35. The van der Waals surface area contributed by atoms with Gasteiger partial charge in [-0.05, 0) is 44.4 Å². The summed E-state index contributed by atoms with van der Waals surface area (Å²) in [4.78, 5) is 10.8. The standard InChI is InChI=1S/C12H15FO2/c1-12(2,11(14)15)8-7-9-3-5-10(13)6-4-9/h3-6H,7-8H2,1-2H3,(H,14,15). The van der Waals surface area contributed by atoms with E-state index in [1.807, 2.05) is 0 Å². The molecule has 0 aliphatic heterocycles. The fraction of sp³-hybridized carbons (Fsp3) is 0.417. The number of carbonyl (C=O) groups is 1. The first kappa shape index (κ1) is 11.7. The lowest BCUT2D eigenvalue weighted by atomic mass is 9.86. The Morgan fingerprint density at radius 1 is 1.33 bits per heavy atom. The summed E-state index contributed by atoms with van der Waals surface area (Å²) in [5.74, 6) is -1.07. The first-order valence-corrected chi connectivity index (χ1v) is 4.90. The van der Waals surface area contributed by atoms with Gasteiger partial charge in [0.15, 0.2) is 0 Å². The Morgan fingerprint density at radius 2 is 1.87 bits per heavy atom. The van der Waals surface area contributed by atoms with Crippen LogP contribution in [0.5, 0.6) is 0 Å². The van der Waals surface area contributed by atoms with Crippen LogP contribution in [0.3, 0.4) is 0 Å². The van der Waals surface area contributed by atoms with E-state index in [9.17, 15) is 9.18 Å². The highest BCUT2D eigenvalue weighted by Crippen LogP contribution is 2.23. The highest BCUT2D eigenvalue weighted by Gasteiger charge is 2.26. The van der Waals surface area contributed by atoms with Gasteiger partial charge in [-0.1, -0.05) is 12.1 Å². The second-order valence-electron chi connectivity index (χ2n) is 4.32. The van der Waals surface area contributed by atoms with Crippen molar-refractivity contribution in [1.82, 2.24) is 0 Å². The number of hydrogen-bond acceptors (Lipinski definition) is 1. The van der Waals surface area contributed by atoms with Crippen molar-refractivity contribution in [3.63, 3.8) is 0 Å². The average Bonchev–Trinajstić information content (AvgIpc) is 2.17. The van der Waals surface area contributed by atoms with Crippen molar-refractivity contribution >= 4 is 5.97 Å². The average molecular weight is 210 g/mol. The third-order valence-electron chi connectivity index (χ3n) is 2.53. The molecule has 1 aromatic rings. The van der Waals surface area contributed by atoms with Crippen molar-refractivity contribution in [1.29, 1.82) is 0 Å². The Hall–Kier alpha value is -1.38. The lowest BCUT2D eigenvalue weighted by molar-refractivity contribution is -0.147. The Kier molecular flexibility index (Phi) is 3.45. The summed E-state index contributed by atoms with van der Waals surface area (Å²) in [5, 5.41) is 8.90. The SMILES string of the molecule is CC(C)(CCc1ccc(F)cc1)C(=O)O. The highest BCUT2D eigenvalue weighted by molar-refractivity contribution is 5.73. The summed E-state index contributed by atoms with van der Waals surface area (Å²) in [7, 11) is 0. The van der Waals surface area contributed by atoms with Gasteiger partial charge in [0.2, 0.25) is 0 Å². The first-order valence-electron chi connectivity index (χ1n) is 4.90. The molecule has 15 heavy (non-hydrogen) atoms. The van der Waals surface area contributed by atoms with E-state index in [2.05, 4.69) is 0 Å². The summed E-state index contributed by atoms with van der Waals surface area (Å²) in [5.41, 5.74) is 0.236. The quantitative estimate of drug-likeness (QED) is 0.829. The Balaban J connectivity index is 2.57. The summed E-state index contributed by atoms with van der Waals surface area (Å²) in [6, 6.07) is 6.16. The molecule has 0 aromatic heterocycles. The third-order valence-corrected chi connectivity index (χ3v) is 2.53. The number of aliphatic carboxylic acids is 1. The Labute approximate surface area is 88.7 Å². The van der Waals surface area contributed by atoms with Gasteiger partial charge in [0.05, 0.1) is 5.41 Å². The molecular formula is C12H15FO2. The second kappa shape index (κ2) is 4.43. The molecule has 0 saturated heterocycles. The maximum absolute atomic E-state index is 12.6. The van der Waals surface area contributed by atoms with Gasteiger partial charge >= 0.3 is 5.97 Å². The molecule has 0 saturated carbocycles. The van der Waals surface area contributed by atoms with Crippen molar-refractivity contribution in [3.05, 3.63) is 35.6 Å². The van der Waals surface area contributed by atoms with Crippen LogP contribution in [0.4, 0.5) is 4.39 Å². The lowest BCUT2D eigenvalue weighted by Gasteiger charge is -2.18. The van der Waals surface area contributed by atoms with Crippen LogP contribution in [0.1, 0.15) is 25.8 Å². The fourth-order valence-corrected chi connectivity index (χ4v) is 1.21. The minimum absolute atomic E-state index is 0.267. The predicted molar refractivity (Wildman–Crippen MR) is 56.1 cm³/mol. The molecule has 0 bridgehead atoms. The number of carboxylic acid groups (broad SMARTS) is 1. The van der Waals surface area contributed by atoms with Crippen LogP contribution < -0.4 is 0 Å². The van der Waals surface area contributed by atoms with E-state index in [1.165, 1.54) is 12.1 Å². The number of halogens is 1. The molecule has 0 amide bonds. The highest BCUT2D eigenvalue weighted by atomic mass is 19.1. The van der Waals surface area contributed by atoms with Gasteiger partial charge in [-0.25, -0.2) is 4.39 Å². The van der Waals surface area contributed by atoms with Crippen LogP contribution in [-0.2, 0) is 11.2 Å². The summed E-state index contributed by atoms with van der Waals surface area (Å²) >= 11 is 0. The molecule has 3 heteroatoms.